The van der Waals surface area contributed by atoms with Crippen LogP contribution in [0.15, 0.2) is 130 Å². The molecule has 2 aliphatic rings. The van der Waals surface area contributed by atoms with Gasteiger partial charge in [0.05, 0.1) is 12.2 Å². The Morgan fingerprint density at radius 1 is 0.543 bits per heavy atom. The highest BCUT2D eigenvalue weighted by molar-refractivity contribution is 5.98. The van der Waals surface area contributed by atoms with Gasteiger partial charge in [-0.1, -0.05) is 149 Å². The lowest BCUT2D eigenvalue weighted by atomic mass is 9.81. The van der Waals surface area contributed by atoms with Crippen LogP contribution >= 0.6 is 0 Å². The van der Waals surface area contributed by atoms with Gasteiger partial charge in [-0.25, -0.2) is 0 Å². The summed E-state index contributed by atoms with van der Waals surface area (Å²) in [6.45, 7) is 23.7. The number of carbonyl (C=O) groups is 2. The van der Waals surface area contributed by atoms with Crippen molar-refractivity contribution >= 4 is 11.6 Å². The second-order valence-electron chi connectivity index (χ2n) is 11.5. The summed E-state index contributed by atoms with van der Waals surface area (Å²) < 4.78 is 0. The third-order valence-corrected chi connectivity index (χ3v) is 7.94. The highest BCUT2D eigenvalue weighted by Crippen LogP contribution is 2.30. The van der Waals surface area contributed by atoms with E-state index in [1.165, 1.54) is 0 Å². The van der Waals surface area contributed by atoms with Crippen LogP contribution in [0.4, 0.5) is 0 Å². The van der Waals surface area contributed by atoms with Crippen molar-refractivity contribution in [1.29, 1.82) is 0 Å². The van der Waals surface area contributed by atoms with Crippen molar-refractivity contribution < 1.29 is 19.8 Å². The Labute approximate surface area is 280 Å². The van der Waals surface area contributed by atoms with Gasteiger partial charge in [0.2, 0.25) is 0 Å². The van der Waals surface area contributed by atoms with E-state index in [0.717, 1.165) is 44.6 Å². The lowest BCUT2D eigenvalue weighted by molar-refractivity contribution is -0.119. The van der Waals surface area contributed by atoms with E-state index >= 15 is 0 Å². The van der Waals surface area contributed by atoms with E-state index in [9.17, 15) is 19.8 Å². The van der Waals surface area contributed by atoms with Crippen molar-refractivity contribution in [3.05, 3.63) is 130 Å². The molecule has 0 radical (unpaired) electrons. The summed E-state index contributed by atoms with van der Waals surface area (Å²) in [5.74, 6) is -0.0452. The van der Waals surface area contributed by atoms with E-state index in [0.29, 0.717) is 0 Å². The van der Waals surface area contributed by atoms with Gasteiger partial charge in [0, 0.05) is 24.7 Å². The minimum Gasteiger partial charge on any atom is -0.392 e. The SMILES string of the molecule is CC.CC.CC1=C(/C=C/C(C)=C/C=C/C(C)=C/C=C/C=C(C)/C=C/C=C(C)/C=C/C2=C(C)C(=O)CC(O)C2C)C(C)C(O)CC1=O. The molecule has 4 heteroatoms. The monoisotopic (exact) mass is 628 g/mol. The molecule has 4 nitrogen and oxygen atoms in total. The summed E-state index contributed by atoms with van der Waals surface area (Å²) in [5.41, 5.74) is 7.67. The maximum Gasteiger partial charge on any atom is 0.161 e. The van der Waals surface area contributed by atoms with E-state index in [-0.39, 0.29) is 36.2 Å². The molecule has 252 valence electrons. The lowest BCUT2D eigenvalue weighted by Gasteiger charge is -2.26. The van der Waals surface area contributed by atoms with E-state index in [4.69, 9.17) is 0 Å². The topological polar surface area (TPSA) is 74.6 Å². The van der Waals surface area contributed by atoms with Crippen LogP contribution in [0.3, 0.4) is 0 Å². The highest BCUT2D eigenvalue weighted by Gasteiger charge is 2.29. The van der Waals surface area contributed by atoms with Crippen LogP contribution in [-0.2, 0) is 9.59 Å². The summed E-state index contributed by atoms with van der Waals surface area (Å²) >= 11 is 0. The lowest BCUT2D eigenvalue weighted by Crippen LogP contribution is -2.29. The number of carbonyl (C=O) groups excluding carboxylic acids is 2. The first-order valence-corrected chi connectivity index (χ1v) is 16.7. The molecule has 4 atom stereocenters. The predicted octanol–water partition coefficient (Wildman–Crippen LogP) is 10.2. The molecule has 0 fully saturated rings. The highest BCUT2D eigenvalue weighted by atomic mass is 16.3. The largest absolute Gasteiger partial charge is 0.392 e. The molecule has 0 bridgehead atoms. The van der Waals surface area contributed by atoms with Gasteiger partial charge in [0.1, 0.15) is 0 Å². The molecule has 0 heterocycles. The molecule has 2 aliphatic carbocycles. The van der Waals surface area contributed by atoms with Crippen LogP contribution in [0.5, 0.6) is 0 Å². The zero-order chi connectivity index (χ0) is 35.4. The fourth-order valence-corrected chi connectivity index (χ4v) is 4.80. The van der Waals surface area contributed by atoms with Crippen LogP contribution in [0, 0.1) is 11.8 Å². The van der Waals surface area contributed by atoms with Crippen LogP contribution < -0.4 is 0 Å². The standard InChI is InChI=1S/C38H48O4.2C2H6/c1-25(15-11-17-27(3)19-21-33-29(5)35(39)23-36(40)30(33)6)13-9-10-14-26(2)16-12-18-28(4)20-22-34-31(7)37(41)24-38(42)32(34)8;2*1-2/h9-22,29,31,35,37,39,41H,23-24H2,1-8H3;2*1-2H3/b10-9+,15-11+,16-12+,21-19+,22-20+,25-13+,26-14+,27-17+,28-18+;;. The summed E-state index contributed by atoms with van der Waals surface area (Å²) in [4.78, 5) is 24.1. The predicted molar refractivity (Wildman–Crippen MR) is 198 cm³/mol. The fourth-order valence-electron chi connectivity index (χ4n) is 4.80. The maximum atomic E-state index is 12.1. The molecular formula is C42H60O4. The molecule has 0 aromatic rings. The number of hydrogen-bond donors (Lipinski definition) is 2. The molecule has 4 unspecified atom stereocenters. The van der Waals surface area contributed by atoms with Gasteiger partial charge in [-0.2, -0.15) is 0 Å². The van der Waals surface area contributed by atoms with Crippen molar-refractivity contribution in [2.45, 2.75) is 108 Å². The van der Waals surface area contributed by atoms with Gasteiger partial charge in [-0.3, -0.25) is 9.59 Å². The minimum absolute atomic E-state index is 0.0207. The van der Waals surface area contributed by atoms with E-state index < -0.39 is 12.2 Å². The van der Waals surface area contributed by atoms with Gasteiger partial charge in [0.15, 0.2) is 11.6 Å². The average Bonchev–Trinajstić information content (AvgIpc) is 3.03. The van der Waals surface area contributed by atoms with Crippen LogP contribution in [0.1, 0.15) is 95.9 Å². The summed E-state index contributed by atoms with van der Waals surface area (Å²) in [7, 11) is 0. The molecule has 0 saturated heterocycles. The van der Waals surface area contributed by atoms with E-state index in [1.807, 2.05) is 168 Å². The van der Waals surface area contributed by atoms with Crippen LogP contribution in [0.25, 0.3) is 0 Å². The molecule has 0 spiro atoms. The zero-order valence-corrected chi connectivity index (χ0v) is 30.5. The number of ketones is 2. The molecule has 0 saturated carbocycles. The molecule has 0 aromatic heterocycles. The van der Waals surface area contributed by atoms with Crippen molar-refractivity contribution in [3.63, 3.8) is 0 Å². The first-order chi connectivity index (χ1) is 21.8. The van der Waals surface area contributed by atoms with E-state index in [2.05, 4.69) is 0 Å². The third kappa shape index (κ3) is 14.7. The fraction of sp³-hybridized carbons (Fsp3) is 0.429. The second-order valence-corrected chi connectivity index (χ2v) is 11.5. The number of aliphatic hydroxyl groups is 2. The molecule has 2 N–H and O–H groups in total. The Balaban J connectivity index is 0.00000486. The summed E-state index contributed by atoms with van der Waals surface area (Å²) in [6, 6.07) is 0. The molecule has 0 amide bonds. The van der Waals surface area contributed by atoms with Gasteiger partial charge in [0.25, 0.3) is 0 Å². The average molecular weight is 629 g/mol. The van der Waals surface area contributed by atoms with Gasteiger partial charge in [-0.05, 0) is 63.8 Å². The van der Waals surface area contributed by atoms with Gasteiger partial charge >= 0.3 is 0 Å². The van der Waals surface area contributed by atoms with Gasteiger partial charge in [-0.15, -0.1) is 0 Å². The Hall–Kier alpha value is -3.60. The molecule has 46 heavy (non-hydrogen) atoms. The van der Waals surface area contributed by atoms with Crippen molar-refractivity contribution in [1.82, 2.24) is 0 Å². The molecule has 0 aromatic carbocycles. The smallest absolute Gasteiger partial charge is 0.161 e. The second kappa shape index (κ2) is 22.8. The number of hydrogen-bond acceptors (Lipinski definition) is 4. The first-order valence-electron chi connectivity index (χ1n) is 16.7. The Bertz CT molecular complexity index is 1260. The number of Topliss-reactive ketones (excluding diaryl/α,β-unsaturated/α-hetero) is 2. The normalized spacial score (nSPS) is 24.1. The summed E-state index contributed by atoms with van der Waals surface area (Å²) in [6.07, 6.45) is 27.3. The molecular weight excluding hydrogens is 568 g/mol. The van der Waals surface area contributed by atoms with Crippen LogP contribution in [-0.4, -0.2) is 34.0 Å². The summed E-state index contributed by atoms with van der Waals surface area (Å²) in [5, 5.41) is 20.2. The first kappa shape index (κ1) is 42.4. The number of allylic oxidation sites excluding steroid dienone is 20. The zero-order valence-electron chi connectivity index (χ0n) is 30.5. The Morgan fingerprint density at radius 3 is 1.15 bits per heavy atom. The minimum atomic E-state index is -0.612. The van der Waals surface area contributed by atoms with Crippen molar-refractivity contribution in [3.8, 4) is 0 Å². The number of rotatable bonds is 10. The third-order valence-electron chi connectivity index (χ3n) is 7.94. The molecule has 2 rings (SSSR count). The Kier molecular flexibility index (Phi) is 21.0. The van der Waals surface area contributed by atoms with E-state index in [1.54, 1.807) is 0 Å². The molecule has 0 aliphatic heterocycles. The van der Waals surface area contributed by atoms with Crippen molar-refractivity contribution in [2.24, 2.45) is 11.8 Å². The maximum absolute atomic E-state index is 12.1. The number of aliphatic hydroxyl groups excluding tert-OH is 2. The van der Waals surface area contributed by atoms with Crippen LogP contribution in [0.2, 0.25) is 0 Å². The Morgan fingerprint density at radius 2 is 0.826 bits per heavy atom. The van der Waals surface area contributed by atoms with Crippen molar-refractivity contribution in [2.75, 3.05) is 0 Å². The quantitative estimate of drug-likeness (QED) is 0.236. The van der Waals surface area contributed by atoms with Gasteiger partial charge < -0.3 is 10.2 Å².